The second-order valence-electron chi connectivity index (χ2n) is 3.82. The summed E-state index contributed by atoms with van der Waals surface area (Å²) in [7, 11) is 0. The second-order valence-corrected chi connectivity index (χ2v) is 3.82. The van der Waals surface area contributed by atoms with Crippen molar-refractivity contribution in [3.8, 4) is 0 Å². The maximum absolute atomic E-state index is 5.88. The summed E-state index contributed by atoms with van der Waals surface area (Å²) in [6, 6.07) is 8.49. The van der Waals surface area contributed by atoms with Gasteiger partial charge in [0.05, 0.1) is 6.10 Å². The van der Waals surface area contributed by atoms with Crippen molar-refractivity contribution in [2.75, 3.05) is 6.61 Å². The molecule has 2 rings (SSSR count). The Morgan fingerprint density at radius 3 is 2.87 bits per heavy atom. The molecule has 82 valence electrons. The van der Waals surface area contributed by atoms with Crippen LogP contribution in [0.15, 0.2) is 24.3 Å². The smallest absolute Gasteiger partial charge is 0.162 e. The minimum absolute atomic E-state index is 0.0603. The number of hydrogen-bond donors (Lipinski definition) is 0. The van der Waals surface area contributed by atoms with E-state index in [1.54, 1.807) is 0 Å². The van der Waals surface area contributed by atoms with Gasteiger partial charge in [-0.1, -0.05) is 31.2 Å². The predicted octanol–water partition coefficient (Wildman–Crippen LogP) is 3.07. The lowest BCUT2D eigenvalue weighted by atomic mass is 9.95. The van der Waals surface area contributed by atoms with E-state index < -0.39 is 0 Å². The number of rotatable bonds is 3. The molecule has 2 heteroatoms. The molecule has 0 bridgehead atoms. The Morgan fingerprint density at radius 1 is 1.33 bits per heavy atom. The highest BCUT2D eigenvalue weighted by Crippen LogP contribution is 2.32. The zero-order chi connectivity index (χ0) is 10.7. The number of hydrogen-bond acceptors (Lipinski definition) is 2. The summed E-state index contributed by atoms with van der Waals surface area (Å²) in [4.78, 5) is 0. The number of benzene rings is 1. The SMILES string of the molecule is CCO[C@H]1Cc2ccccc2[C@@H](CC)O1. The lowest BCUT2D eigenvalue weighted by molar-refractivity contribution is -0.177. The molecule has 0 radical (unpaired) electrons. The second kappa shape index (κ2) is 4.77. The predicted molar refractivity (Wildman–Crippen MR) is 59.7 cm³/mol. The molecule has 2 atom stereocenters. The van der Waals surface area contributed by atoms with Gasteiger partial charge in [-0.05, 0) is 24.5 Å². The first kappa shape index (κ1) is 10.7. The summed E-state index contributed by atoms with van der Waals surface area (Å²) in [5.74, 6) is 0. The van der Waals surface area contributed by atoms with Crippen LogP contribution in [0.5, 0.6) is 0 Å². The molecule has 0 fully saturated rings. The summed E-state index contributed by atoms with van der Waals surface area (Å²) in [5.41, 5.74) is 2.70. The number of fused-ring (bicyclic) bond motifs is 1. The molecule has 0 unspecified atom stereocenters. The topological polar surface area (TPSA) is 18.5 Å². The third-order valence-corrected chi connectivity index (χ3v) is 2.83. The monoisotopic (exact) mass is 206 g/mol. The van der Waals surface area contributed by atoms with E-state index in [1.807, 2.05) is 6.92 Å². The maximum atomic E-state index is 5.88. The van der Waals surface area contributed by atoms with Crippen LogP contribution in [0.4, 0.5) is 0 Å². The van der Waals surface area contributed by atoms with Crippen molar-refractivity contribution in [1.82, 2.24) is 0 Å². The zero-order valence-corrected chi connectivity index (χ0v) is 9.40. The molecular weight excluding hydrogens is 188 g/mol. The van der Waals surface area contributed by atoms with Gasteiger partial charge >= 0.3 is 0 Å². The first-order chi connectivity index (χ1) is 7.35. The van der Waals surface area contributed by atoms with E-state index >= 15 is 0 Å². The Morgan fingerprint density at radius 2 is 2.13 bits per heavy atom. The molecule has 0 spiro atoms. The average Bonchev–Trinajstić information content (AvgIpc) is 2.28. The van der Waals surface area contributed by atoms with Crippen molar-refractivity contribution in [1.29, 1.82) is 0 Å². The quantitative estimate of drug-likeness (QED) is 0.756. The third kappa shape index (κ3) is 2.21. The average molecular weight is 206 g/mol. The standard InChI is InChI=1S/C13H18O2/c1-3-12-11-8-6-5-7-10(11)9-13(15-12)14-4-2/h5-8,12-13H,3-4,9H2,1-2H3/t12-,13-/m1/s1. The van der Waals surface area contributed by atoms with Gasteiger partial charge in [0.25, 0.3) is 0 Å². The molecular formula is C13H18O2. The van der Waals surface area contributed by atoms with Crippen molar-refractivity contribution < 1.29 is 9.47 Å². The van der Waals surface area contributed by atoms with Gasteiger partial charge in [-0.15, -0.1) is 0 Å². The van der Waals surface area contributed by atoms with Crippen LogP contribution in [-0.4, -0.2) is 12.9 Å². The van der Waals surface area contributed by atoms with Crippen LogP contribution in [0.25, 0.3) is 0 Å². The summed E-state index contributed by atoms with van der Waals surface area (Å²) in [5, 5.41) is 0. The fourth-order valence-corrected chi connectivity index (χ4v) is 2.12. The first-order valence-corrected chi connectivity index (χ1v) is 5.70. The van der Waals surface area contributed by atoms with E-state index in [2.05, 4.69) is 31.2 Å². The van der Waals surface area contributed by atoms with Gasteiger partial charge in [0.1, 0.15) is 0 Å². The van der Waals surface area contributed by atoms with Gasteiger partial charge < -0.3 is 9.47 Å². The third-order valence-electron chi connectivity index (χ3n) is 2.83. The highest BCUT2D eigenvalue weighted by atomic mass is 16.7. The maximum Gasteiger partial charge on any atom is 0.162 e. The van der Waals surface area contributed by atoms with Gasteiger partial charge in [-0.3, -0.25) is 0 Å². The van der Waals surface area contributed by atoms with E-state index in [0.29, 0.717) is 6.61 Å². The zero-order valence-electron chi connectivity index (χ0n) is 9.40. The van der Waals surface area contributed by atoms with Crippen molar-refractivity contribution in [3.05, 3.63) is 35.4 Å². The van der Waals surface area contributed by atoms with E-state index in [9.17, 15) is 0 Å². The van der Waals surface area contributed by atoms with Gasteiger partial charge in [-0.25, -0.2) is 0 Å². The Bertz CT molecular complexity index is 322. The first-order valence-electron chi connectivity index (χ1n) is 5.70. The highest BCUT2D eigenvalue weighted by molar-refractivity contribution is 5.31. The van der Waals surface area contributed by atoms with Crippen molar-refractivity contribution >= 4 is 0 Å². The lowest BCUT2D eigenvalue weighted by Crippen LogP contribution is -2.28. The van der Waals surface area contributed by atoms with Crippen molar-refractivity contribution in [2.45, 2.75) is 39.1 Å². The molecule has 1 aromatic rings. The van der Waals surface area contributed by atoms with E-state index in [0.717, 1.165) is 12.8 Å². The molecule has 15 heavy (non-hydrogen) atoms. The van der Waals surface area contributed by atoms with Crippen LogP contribution in [0.2, 0.25) is 0 Å². The van der Waals surface area contributed by atoms with E-state index in [4.69, 9.17) is 9.47 Å². The molecule has 0 saturated heterocycles. The summed E-state index contributed by atoms with van der Waals surface area (Å²) >= 11 is 0. The van der Waals surface area contributed by atoms with Crippen LogP contribution in [-0.2, 0) is 15.9 Å². The molecule has 0 N–H and O–H groups in total. The molecule has 1 aromatic carbocycles. The lowest BCUT2D eigenvalue weighted by Gasteiger charge is -2.31. The highest BCUT2D eigenvalue weighted by Gasteiger charge is 2.25. The van der Waals surface area contributed by atoms with E-state index in [1.165, 1.54) is 11.1 Å². The Balaban J connectivity index is 2.22. The minimum Gasteiger partial charge on any atom is -0.353 e. The Hall–Kier alpha value is -0.860. The van der Waals surface area contributed by atoms with Crippen LogP contribution in [0.3, 0.4) is 0 Å². The fraction of sp³-hybridized carbons (Fsp3) is 0.538. The summed E-state index contributed by atoms with van der Waals surface area (Å²) < 4.78 is 11.4. The molecule has 2 nitrogen and oxygen atoms in total. The van der Waals surface area contributed by atoms with Crippen LogP contribution in [0.1, 0.15) is 37.5 Å². The van der Waals surface area contributed by atoms with Gasteiger partial charge in [0, 0.05) is 13.0 Å². The van der Waals surface area contributed by atoms with Gasteiger partial charge in [0.15, 0.2) is 6.29 Å². The molecule has 1 aliphatic heterocycles. The Labute approximate surface area is 91.2 Å². The van der Waals surface area contributed by atoms with Crippen LogP contribution >= 0.6 is 0 Å². The molecule has 1 heterocycles. The summed E-state index contributed by atoms with van der Waals surface area (Å²) in [6.45, 7) is 4.86. The van der Waals surface area contributed by atoms with Gasteiger partial charge in [0.2, 0.25) is 0 Å². The number of ether oxygens (including phenoxy) is 2. The minimum atomic E-state index is -0.0603. The van der Waals surface area contributed by atoms with E-state index in [-0.39, 0.29) is 12.4 Å². The fourth-order valence-electron chi connectivity index (χ4n) is 2.12. The normalized spacial score (nSPS) is 24.9. The largest absolute Gasteiger partial charge is 0.353 e. The summed E-state index contributed by atoms with van der Waals surface area (Å²) in [6.07, 6.45) is 2.02. The Kier molecular flexibility index (Phi) is 3.39. The molecule has 0 amide bonds. The van der Waals surface area contributed by atoms with Gasteiger partial charge in [-0.2, -0.15) is 0 Å². The molecule has 0 saturated carbocycles. The molecule has 0 aliphatic carbocycles. The van der Waals surface area contributed by atoms with Crippen molar-refractivity contribution in [3.63, 3.8) is 0 Å². The van der Waals surface area contributed by atoms with Crippen LogP contribution in [0, 0.1) is 0 Å². The molecule has 1 aliphatic rings. The molecule has 0 aromatic heterocycles. The van der Waals surface area contributed by atoms with Crippen molar-refractivity contribution in [2.24, 2.45) is 0 Å². The van der Waals surface area contributed by atoms with Crippen LogP contribution < -0.4 is 0 Å².